The Morgan fingerprint density at radius 2 is 2.22 bits per heavy atom. The van der Waals surface area contributed by atoms with Gasteiger partial charge in [0.05, 0.1) is 17.2 Å². The van der Waals surface area contributed by atoms with Gasteiger partial charge in [-0.3, -0.25) is 9.59 Å². The number of nitrogens with one attached hydrogen (secondary N) is 1. The van der Waals surface area contributed by atoms with Gasteiger partial charge in [0.2, 0.25) is 5.91 Å². The predicted octanol–water partition coefficient (Wildman–Crippen LogP) is 1.50. The molecule has 0 radical (unpaired) electrons. The molecule has 1 atom stereocenters. The normalized spacial score (nSPS) is 12.4. The second-order valence-corrected chi connectivity index (χ2v) is 4.65. The van der Waals surface area contributed by atoms with Gasteiger partial charge in [-0.2, -0.15) is 0 Å². The van der Waals surface area contributed by atoms with Crippen LogP contribution < -0.4 is 10.9 Å². The van der Waals surface area contributed by atoms with Crippen molar-refractivity contribution in [2.75, 3.05) is 5.32 Å². The third-order valence-electron chi connectivity index (χ3n) is 2.55. The first kappa shape index (κ1) is 12.6. The number of nitrogens with zero attached hydrogens (tertiary/aromatic N) is 2. The van der Waals surface area contributed by atoms with E-state index in [-0.39, 0.29) is 11.5 Å². The van der Waals surface area contributed by atoms with Crippen molar-refractivity contribution < 1.29 is 4.79 Å². The highest BCUT2D eigenvalue weighted by atomic mass is 35.5. The van der Waals surface area contributed by atoms with Crippen molar-refractivity contribution in [3.63, 3.8) is 0 Å². The molecule has 0 aliphatic rings. The van der Waals surface area contributed by atoms with Gasteiger partial charge in [-0.15, -0.1) is 11.6 Å². The van der Waals surface area contributed by atoms with Crippen molar-refractivity contribution in [2.45, 2.75) is 12.3 Å². The largest absolute Gasteiger partial charge is 0.325 e. The van der Waals surface area contributed by atoms with Gasteiger partial charge in [0.25, 0.3) is 5.56 Å². The number of anilines is 1. The lowest BCUT2D eigenvalue weighted by Crippen LogP contribution is -2.21. The highest BCUT2D eigenvalue weighted by Gasteiger charge is 2.10. The molecule has 1 N–H and O–H groups in total. The van der Waals surface area contributed by atoms with Gasteiger partial charge in [0.15, 0.2) is 0 Å². The standard InChI is InChI=1S/C12H12ClN3O2/c1-7(13)11(17)15-8-3-4-10-9(5-8)12(18)16(2)6-14-10/h3-7H,1-2H3,(H,15,17). The number of hydrogen-bond donors (Lipinski definition) is 1. The first-order chi connectivity index (χ1) is 8.49. The summed E-state index contributed by atoms with van der Waals surface area (Å²) in [7, 11) is 1.63. The molecule has 1 heterocycles. The molecule has 18 heavy (non-hydrogen) atoms. The van der Waals surface area contributed by atoms with E-state index in [4.69, 9.17) is 11.6 Å². The molecule has 2 rings (SSSR count). The molecule has 0 fully saturated rings. The fourth-order valence-electron chi connectivity index (χ4n) is 1.53. The number of benzene rings is 1. The van der Waals surface area contributed by atoms with Crippen LogP contribution >= 0.6 is 11.6 Å². The molecular weight excluding hydrogens is 254 g/mol. The molecule has 2 aromatic rings. The van der Waals surface area contributed by atoms with E-state index in [0.29, 0.717) is 16.6 Å². The van der Waals surface area contributed by atoms with Crippen LogP contribution in [0.5, 0.6) is 0 Å². The maximum Gasteiger partial charge on any atom is 0.260 e. The zero-order valence-corrected chi connectivity index (χ0v) is 10.7. The van der Waals surface area contributed by atoms with Crippen molar-refractivity contribution in [1.82, 2.24) is 9.55 Å². The second-order valence-electron chi connectivity index (χ2n) is 4.00. The quantitative estimate of drug-likeness (QED) is 0.837. The number of aryl methyl sites for hydroxylation is 1. The maximum atomic E-state index is 11.9. The van der Waals surface area contributed by atoms with Crippen LogP contribution in [0.3, 0.4) is 0 Å². The summed E-state index contributed by atoms with van der Waals surface area (Å²) >= 11 is 5.66. The summed E-state index contributed by atoms with van der Waals surface area (Å²) in [5.74, 6) is -0.309. The number of fused-ring (bicyclic) bond motifs is 1. The molecule has 1 unspecified atom stereocenters. The van der Waals surface area contributed by atoms with Gasteiger partial charge in [0, 0.05) is 12.7 Å². The maximum absolute atomic E-state index is 11.9. The minimum absolute atomic E-state index is 0.157. The van der Waals surface area contributed by atoms with Crippen LogP contribution in [0.25, 0.3) is 10.9 Å². The predicted molar refractivity (Wildman–Crippen MR) is 70.9 cm³/mol. The Morgan fingerprint density at radius 3 is 2.89 bits per heavy atom. The molecule has 0 saturated carbocycles. The van der Waals surface area contributed by atoms with Crippen LogP contribution in [-0.2, 0) is 11.8 Å². The van der Waals surface area contributed by atoms with Crippen LogP contribution in [0.4, 0.5) is 5.69 Å². The smallest absolute Gasteiger partial charge is 0.260 e. The van der Waals surface area contributed by atoms with E-state index in [1.165, 1.54) is 10.9 Å². The van der Waals surface area contributed by atoms with Crippen molar-refractivity contribution in [2.24, 2.45) is 7.05 Å². The first-order valence-electron chi connectivity index (χ1n) is 5.39. The molecule has 1 aromatic carbocycles. The van der Waals surface area contributed by atoms with E-state index >= 15 is 0 Å². The monoisotopic (exact) mass is 265 g/mol. The first-order valence-corrected chi connectivity index (χ1v) is 5.83. The highest BCUT2D eigenvalue weighted by molar-refractivity contribution is 6.32. The van der Waals surface area contributed by atoms with E-state index in [9.17, 15) is 9.59 Å². The molecule has 0 saturated heterocycles. The molecular formula is C12H12ClN3O2. The molecule has 0 bridgehead atoms. The van der Waals surface area contributed by atoms with Crippen LogP contribution in [-0.4, -0.2) is 20.8 Å². The summed E-state index contributed by atoms with van der Waals surface area (Å²) in [5, 5.41) is 2.46. The summed E-state index contributed by atoms with van der Waals surface area (Å²) in [4.78, 5) is 27.5. The third kappa shape index (κ3) is 2.36. The van der Waals surface area contributed by atoms with Gasteiger partial charge in [-0.05, 0) is 25.1 Å². The average Bonchev–Trinajstić information content (AvgIpc) is 2.34. The van der Waals surface area contributed by atoms with Crippen molar-refractivity contribution in [1.29, 1.82) is 0 Å². The summed E-state index contributed by atoms with van der Waals surface area (Å²) in [6, 6.07) is 4.97. The van der Waals surface area contributed by atoms with Gasteiger partial charge in [-0.1, -0.05) is 0 Å². The lowest BCUT2D eigenvalue weighted by atomic mass is 10.2. The number of hydrogen-bond acceptors (Lipinski definition) is 3. The number of alkyl halides is 1. The fourth-order valence-corrected chi connectivity index (χ4v) is 1.59. The minimum Gasteiger partial charge on any atom is -0.325 e. The minimum atomic E-state index is -0.627. The van der Waals surface area contributed by atoms with Crippen LogP contribution in [0, 0.1) is 0 Å². The number of amides is 1. The number of carbonyl (C=O) groups is 1. The second kappa shape index (κ2) is 4.78. The van der Waals surface area contributed by atoms with Crippen molar-refractivity contribution in [3.05, 3.63) is 34.9 Å². The Labute approximate surface area is 108 Å². The van der Waals surface area contributed by atoms with Gasteiger partial charge in [-0.25, -0.2) is 4.98 Å². The van der Waals surface area contributed by atoms with Crippen molar-refractivity contribution >= 4 is 34.1 Å². The molecule has 1 aromatic heterocycles. The molecule has 94 valence electrons. The molecule has 1 amide bonds. The Balaban J connectivity index is 2.47. The number of halogens is 1. The third-order valence-corrected chi connectivity index (χ3v) is 2.74. The van der Waals surface area contributed by atoms with E-state index in [1.54, 1.807) is 32.2 Å². The van der Waals surface area contributed by atoms with Gasteiger partial charge >= 0.3 is 0 Å². The van der Waals surface area contributed by atoms with Crippen LogP contribution in [0.1, 0.15) is 6.92 Å². The van der Waals surface area contributed by atoms with Crippen LogP contribution in [0.2, 0.25) is 0 Å². The Bertz CT molecular complexity index is 664. The summed E-state index contributed by atoms with van der Waals surface area (Å²) < 4.78 is 1.39. The molecule has 6 heteroatoms. The lowest BCUT2D eigenvalue weighted by molar-refractivity contribution is -0.115. The lowest BCUT2D eigenvalue weighted by Gasteiger charge is -2.07. The van der Waals surface area contributed by atoms with E-state index in [1.807, 2.05) is 0 Å². The topological polar surface area (TPSA) is 64.0 Å². The Kier molecular flexibility index (Phi) is 3.34. The average molecular weight is 266 g/mol. The van der Waals surface area contributed by atoms with E-state index < -0.39 is 5.38 Å². The van der Waals surface area contributed by atoms with Crippen molar-refractivity contribution in [3.8, 4) is 0 Å². The molecule has 5 nitrogen and oxygen atoms in total. The molecule has 0 aliphatic heterocycles. The number of carbonyl (C=O) groups excluding carboxylic acids is 1. The SMILES string of the molecule is CC(Cl)C(=O)Nc1ccc2ncn(C)c(=O)c2c1. The summed E-state index contributed by atoms with van der Waals surface area (Å²) in [5.41, 5.74) is 0.968. The summed E-state index contributed by atoms with van der Waals surface area (Å²) in [6.45, 7) is 1.58. The highest BCUT2D eigenvalue weighted by Crippen LogP contribution is 2.14. The van der Waals surface area contributed by atoms with E-state index in [0.717, 1.165) is 0 Å². The zero-order chi connectivity index (χ0) is 13.3. The van der Waals surface area contributed by atoms with Crippen LogP contribution in [0.15, 0.2) is 29.3 Å². The Morgan fingerprint density at radius 1 is 1.50 bits per heavy atom. The number of aromatic nitrogens is 2. The molecule has 0 spiro atoms. The summed E-state index contributed by atoms with van der Waals surface area (Å²) in [6.07, 6.45) is 1.46. The fraction of sp³-hybridized carbons (Fsp3) is 0.250. The Hall–Kier alpha value is -1.88. The van der Waals surface area contributed by atoms with E-state index in [2.05, 4.69) is 10.3 Å². The van der Waals surface area contributed by atoms with Gasteiger partial charge in [0.1, 0.15) is 5.38 Å². The number of rotatable bonds is 2. The zero-order valence-electron chi connectivity index (χ0n) is 9.98. The molecule has 0 aliphatic carbocycles. The van der Waals surface area contributed by atoms with Gasteiger partial charge < -0.3 is 9.88 Å².